The van der Waals surface area contributed by atoms with Gasteiger partial charge in [0.05, 0.1) is 11.0 Å². The van der Waals surface area contributed by atoms with E-state index >= 15 is 0 Å². The van der Waals surface area contributed by atoms with E-state index in [0.29, 0.717) is 5.82 Å². The van der Waals surface area contributed by atoms with Crippen molar-refractivity contribution in [1.29, 1.82) is 0 Å². The highest BCUT2D eigenvalue weighted by atomic mass is 79.9. The van der Waals surface area contributed by atoms with Crippen molar-refractivity contribution in [3.05, 3.63) is 21.2 Å². The summed E-state index contributed by atoms with van der Waals surface area (Å²) in [5.74, 6) is 0.605. The molecular formula is C10H13Br2N3O. The summed E-state index contributed by atoms with van der Waals surface area (Å²) in [5.41, 5.74) is 0. The summed E-state index contributed by atoms with van der Waals surface area (Å²) in [6.45, 7) is 4.06. The molecule has 0 aliphatic heterocycles. The Morgan fingerprint density at radius 3 is 2.75 bits per heavy atom. The number of carbonyl (C=O) groups excluding carboxylic acids is 1. The van der Waals surface area contributed by atoms with Crippen molar-refractivity contribution in [2.45, 2.75) is 19.9 Å². The second-order valence-electron chi connectivity index (χ2n) is 3.56. The molecule has 0 fully saturated rings. The Morgan fingerprint density at radius 2 is 2.19 bits per heavy atom. The lowest BCUT2D eigenvalue weighted by Gasteiger charge is -2.10. The number of nitrogens with one attached hydrogen (secondary N) is 2. The summed E-state index contributed by atoms with van der Waals surface area (Å²) >= 11 is 6.67. The number of pyridine rings is 1. The Balaban J connectivity index is 2.51. The van der Waals surface area contributed by atoms with Crippen LogP contribution in [0.15, 0.2) is 21.2 Å². The van der Waals surface area contributed by atoms with Crippen LogP contribution in [0, 0.1) is 0 Å². The average molecular weight is 351 g/mol. The monoisotopic (exact) mass is 349 g/mol. The molecule has 1 aromatic heterocycles. The van der Waals surface area contributed by atoms with E-state index in [1.807, 2.05) is 19.9 Å². The molecular weight excluding hydrogens is 338 g/mol. The van der Waals surface area contributed by atoms with Gasteiger partial charge in [-0.3, -0.25) is 4.79 Å². The van der Waals surface area contributed by atoms with E-state index < -0.39 is 0 Å². The molecule has 0 atom stereocenters. The fourth-order valence-corrected chi connectivity index (χ4v) is 2.21. The molecule has 0 saturated heterocycles. The van der Waals surface area contributed by atoms with Gasteiger partial charge in [-0.05, 0) is 51.8 Å². The summed E-state index contributed by atoms with van der Waals surface area (Å²) < 4.78 is 1.70. The summed E-state index contributed by atoms with van der Waals surface area (Å²) in [7, 11) is 0. The van der Waals surface area contributed by atoms with Crippen LogP contribution in [0.3, 0.4) is 0 Å². The molecule has 0 unspecified atom stereocenters. The lowest BCUT2D eigenvalue weighted by molar-refractivity contribution is -0.119. The quantitative estimate of drug-likeness (QED) is 0.877. The van der Waals surface area contributed by atoms with Crippen LogP contribution in [0.1, 0.15) is 13.8 Å². The molecule has 1 amide bonds. The maximum Gasteiger partial charge on any atom is 0.239 e. The van der Waals surface area contributed by atoms with Crippen LogP contribution < -0.4 is 10.6 Å². The Kier molecular flexibility index (Phi) is 5.21. The van der Waals surface area contributed by atoms with Crippen molar-refractivity contribution in [2.24, 2.45) is 0 Å². The molecule has 0 aliphatic rings. The zero-order chi connectivity index (χ0) is 12.1. The summed E-state index contributed by atoms with van der Waals surface area (Å²) in [6.07, 6.45) is 1.67. The van der Waals surface area contributed by atoms with E-state index in [9.17, 15) is 4.79 Å². The molecule has 2 N–H and O–H groups in total. The van der Waals surface area contributed by atoms with E-state index in [0.717, 1.165) is 8.95 Å². The van der Waals surface area contributed by atoms with Gasteiger partial charge in [0.2, 0.25) is 5.91 Å². The largest absolute Gasteiger partial charge is 0.360 e. The normalized spacial score (nSPS) is 10.3. The minimum atomic E-state index is -0.0494. The maximum absolute atomic E-state index is 11.4. The van der Waals surface area contributed by atoms with E-state index in [4.69, 9.17) is 0 Å². The third kappa shape index (κ3) is 4.49. The second kappa shape index (κ2) is 6.20. The van der Waals surface area contributed by atoms with E-state index in [1.54, 1.807) is 6.20 Å². The van der Waals surface area contributed by atoms with Gasteiger partial charge in [-0.2, -0.15) is 0 Å². The van der Waals surface area contributed by atoms with Crippen LogP contribution in [0.5, 0.6) is 0 Å². The Labute approximate surface area is 111 Å². The Morgan fingerprint density at radius 1 is 1.50 bits per heavy atom. The van der Waals surface area contributed by atoms with Gasteiger partial charge in [-0.15, -0.1) is 0 Å². The van der Waals surface area contributed by atoms with Gasteiger partial charge in [-0.1, -0.05) is 0 Å². The van der Waals surface area contributed by atoms with Crippen molar-refractivity contribution in [3.63, 3.8) is 0 Å². The van der Waals surface area contributed by atoms with Crippen LogP contribution in [0.2, 0.25) is 0 Å². The fourth-order valence-electron chi connectivity index (χ4n) is 1.08. The zero-order valence-electron chi connectivity index (χ0n) is 9.05. The van der Waals surface area contributed by atoms with Gasteiger partial charge >= 0.3 is 0 Å². The first-order chi connectivity index (χ1) is 7.49. The molecule has 0 spiro atoms. The summed E-state index contributed by atoms with van der Waals surface area (Å²) in [6, 6.07) is 2.02. The molecule has 0 aliphatic carbocycles. The van der Waals surface area contributed by atoms with Crippen LogP contribution >= 0.6 is 31.9 Å². The fraction of sp³-hybridized carbons (Fsp3) is 0.400. The van der Waals surface area contributed by atoms with Crippen molar-refractivity contribution in [2.75, 3.05) is 11.9 Å². The van der Waals surface area contributed by atoms with E-state index in [2.05, 4.69) is 47.5 Å². The Bertz CT molecular complexity index is 382. The number of halogens is 2. The van der Waals surface area contributed by atoms with Gasteiger partial charge in [0.25, 0.3) is 0 Å². The van der Waals surface area contributed by atoms with Gasteiger partial charge in [-0.25, -0.2) is 4.98 Å². The zero-order valence-corrected chi connectivity index (χ0v) is 12.2. The third-order valence-corrected chi connectivity index (χ3v) is 2.71. The van der Waals surface area contributed by atoms with Gasteiger partial charge < -0.3 is 10.6 Å². The van der Waals surface area contributed by atoms with Crippen molar-refractivity contribution in [1.82, 2.24) is 10.3 Å². The van der Waals surface area contributed by atoms with Crippen LogP contribution in [-0.4, -0.2) is 23.5 Å². The number of hydrogen-bond donors (Lipinski definition) is 2. The molecule has 1 aromatic rings. The SMILES string of the molecule is CC(C)NC(=O)CNc1ncc(Br)cc1Br. The first-order valence-corrected chi connectivity index (χ1v) is 6.42. The number of aromatic nitrogens is 1. The van der Waals surface area contributed by atoms with Gasteiger partial charge in [0, 0.05) is 16.7 Å². The lowest BCUT2D eigenvalue weighted by Crippen LogP contribution is -2.35. The molecule has 6 heteroatoms. The standard InChI is InChI=1S/C10H13Br2N3O/c1-6(2)15-9(16)5-14-10-8(12)3-7(11)4-13-10/h3-4,6H,5H2,1-2H3,(H,13,14)(H,15,16). The highest BCUT2D eigenvalue weighted by Crippen LogP contribution is 2.22. The minimum Gasteiger partial charge on any atom is -0.360 e. The molecule has 16 heavy (non-hydrogen) atoms. The molecule has 1 rings (SSSR count). The molecule has 0 saturated carbocycles. The molecule has 0 aromatic carbocycles. The summed E-state index contributed by atoms with van der Waals surface area (Å²) in [4.78, 5) is 15.5. The van der Waals surface area contributed by atoms with Gasteiger partial charge in [0.15, 0.2) is 0 Å². The van der Waals surface area contributed by atoms with Crippen LogP contribution in [-0.2, 0) is 4.79 Å². The molecule has 88 valence electrons. The predicted molar refractivity (Wildman–Crippen MR) is 71.4 cm³/mol. The summed E-state index contributed by atoms with van der Waals surface area (Å²) in [5, 5.41) is 5.74. The smallest absolute Gasteiger partial charge is 0.239 e. The topological polar surface area (TPSA) is 54.0 Å². The van der Waals surface area contributed by atoms with Crippen molar-refractivity contribution < 1.29 is 4.79 Å². The number of hydrogen-bond acceptors (Lipinski definition) is 3. The number of rotatable bonds is 4. The lowest BCUT2D eigenvalue weighted by atomic mass is 10.4. The highest BCUT2D eigenvalue weighted by molar-refractivity contribution is 9.11. The van der Waals surface area contributed by atoms with Crippen LogP contribution in [0.4, 0.5) is 5.82 Å². The molecule has 1 heterocycles. The van der Waals surface area contributed by atoms with Crippen molar-refractivity contribution in [3.8, 4) is 0 Å². The minimum absolute atomic E-state index is 0.0494. The Hall–Kier alpha value is -0.620. The van der Waals surface area contributed by atoms with E-state index in [1.165, 1.54) is 0 Å². The number of anilines is 1. The first kappa shape index (κ1) is 13.4. The van der Waals surface area contributed by atoms with Crippen molar-refractivity contribution >= 4 is 43.6 Å². The molecule has 4 nitrogen and oxygen atoms in total. The first-order valence-electron chi connectivity index (χ1n) is 4.83. The number of amides is 1. The second-order valence-corrected chi connectivity index (χ2v) is 5.33. The van der Waals surface area contributed by atoms with Crippen LogP contribution in [0.25, 0.3) is 0 Å². The maximum atomic E-state index is 11.4. The molecule has 0 bridgehead atoms. The number of nitrogens with zero attached hydrogens (tertiary/aromatic N) is 1. The highest BCUT2D eigenvalue weighted by Gasteiger charge is 2.06. The van der Waals surface area contributed by atoms with Gasteiger partial charge in [0.1, 0.15) is 5.82 Å². The molecule has 0 radical (unpaired) electrons. The average Bonchev–Trinajstić information content (AvgIpc) is 2.15. The van der Waals surface area contributed by atoms with E-state index in [-0.39, 0.29) is 18.5 Å². The third-order valence-electron chi connectivity index (χ3n) is 1.67. The number of carbonyl (C=O) groups is 1. The predicted octanol–water partition coefficient (Wildman–Crippen LogP) is 2.54.